The van der Waals surface area contributed by atoms with Gasteiger partial charge in [-0.2, -0.15) is 0 Å². The Morgan fingerprint density at radius 1 is 1.48 bits per heavy atom. The Balaban J connectivity index is 2.05. The average molecular weight is 312 g/mol. The van der Waals surface area contributed by atoms with Crippen molar-refractivity contribution in [1.29, 1.82) is 0 Å². The Bertz CT molecular complexity index is 546. The smallest absolute Gasteiger partial charge is 0.323 e. The van der Waals surface area contributed by atoms with E-state index in [2.05, 4.69) is 0 Å². The van der Waals surface area contributed by atoms with Crippen LogP contribution in [0.1, 0.15) is 37.0 Å². The molecule has 0 bridgehead atoms. The molecule has 0 spiro atoms. The third-order valence-corrected chi connectivity index (χ3v) is 3.66. The number of nitrogens with zero attached hydrogens (tertiary/aromatic N) is 1. The van der Waals surface area contributed by atoms with Gasteiger partial charge in [-0.3, -0.25) is 9.59 Å². The minimum Gasteiger partial charge on any atom is -0.480 e. The molecule has 1 aliphatic heterocycles. The molecule has 1 aromatic carbocycles. The lowest BCUT2D eigenvalue weighted by Gasteiger charge is -2.21. The van der Waals surface area contributed by atoms with Crippen molar-refractivity contribution in [1.82, 2.24) is 4.90 Å². The third kappa shape index (κ3) is 3.95. The average Bonchev–Trinajstić information content (AvgIpc) is 2.80. The van der Waals surface area contributed by atoms with Crippen molar-refractivity contribution in [3.63, 3.8) is 0 Å². The van der Waals surface area contributed by atoms with Crippen LogP contribution in [0.3, 0.4) is 0 Å². The highest BCUT2D eigenvalue weighted by atomic mass is 35.5. The summed E-state index contributed by atoms with van der Waals surface area (Å²) in [5.41, 5.74) is 1.94. The normalized spacial score (nSPS) is 16.6. The molecule has 1 amide bonds. The molecule has 0 fully saturated rings. The zero-order chi connectivity index (χ0) is 15.4. The van der Waals surface area contributed by atoms with Crippen LogP contribution in [-0.2, 0) is 20.9 Å². The number of carboxylic acid groups (broad SMARTS) is 1. The lowest BCUT2D eigenvalue weighted by atomic mass is 10.0. The van der Waals surface area contributed by atoms with Crippen LogP contribution in [0.5, 0.6) is 0 Å². The van der Waals surface area contributed by atoms with Crippen LogP contribution in [0, 0.1) is 0 Å². The Morgan fingerprint density at radius 3 is 2.90 bits per heavy atom. The zero-order valence-electron chi connectivity index (χ0n) is 11.8. The van der Waals surface area contributed by atoms with E-state index < -0.39 is 5.97 Å². The second-order valence-corrected chi connectivity index (χ2v) is 5.49. The first kappa shape index (κ1) is 15.8. The maximum absolute atomic E-state index is 12.3. The van der Waals surface area contributed by atoms with Gasteiger partial charge in [0, 0.05) is 11.6 Å². The first-order chi connectivity index (χ1) is 10.0. The van der Waals surface area contributed by atoms with Crippen molar-refractivity contribution < 1.29 is 19.4 Å². The lowest BCUT2D eigenvalue weighted by molar-refractivity contribution is -0.145. The molecule has 5 nitrogen and oxygen atoms in total. The van der Waals surface area contributed by atoms with Crippen molar-refractivity contribution >= 4 is 23.5 Å². The molecule has 0 aliphatic carbocycles. The second kappa shape index (κ2) is 6.91. The maximum atomic E-state index is 12.3. The number of fused-ring (bicyclic) bond motifs is 1. The fourth-order valence-corrected chi connectivity index (χ4v) is 2.67. The molecule has 1 N–H and O–H groups in total. The predicted molar refractivity (Wildman–Crippen MR) is 78.1 cm³/mol. The number of rotatable bonds is 6. The van der Waals surface area contributed by atoms with E-state index in [1.165, 1.54) is 4.90 Å². The van der Waals surface area contributed by atoms with E-state index in [9.17, 15) is 9.59 Å². The van der Waals surface area contributed by atoms with Gasteiger partial charge in [-0.15, -0.1) is 0 Å². The Labute approximate surface area is 128 Å². The van der Waals surface area contributed by atoms with Crippen molar-refractivity contribution in [3.8, 4) is 0 Å². The monoisotopic (exact) mass is 311 g/mol. The molecule has 6 heteroatoms. The van der Waals surface area contributed by atoms with E-state index in [1.807, 2.05) is 19.1 Å². The van der Waals surface area contributed by atoms with Crippen molar-refractivity contribution in [2.75, 3.05) is 13.1 Å². The number of carboxylic acids is 1. The number of hydrogen-bond acceptors (Lipinski definition) is 3. The van der Waals surface area contributed by atoms with Gasteiger partial charge in [0.2, 0.25) is 5.91 Å². The van der Waals surface area contributed by atoms with Crippen LogP contribution in [-0.4, -0.2) is 35.0 Å². The summed E-state index contributed by atoms with van der Waals surface area (Å²) < 4.78 is 5.63. The van der Waals surface area contributed by atoms with Gasteiger partial charge in [0.15, 0.2) is 0 Å². The first-order valence-electron chi connectivity index (χ1n) is 6.90. The lowest BCUT2D eigenvalue weighted by Crippen LogP contribution is -2.36. The number of hydrogen-bond donors (Lipinski definition) is 1. The number of benzene rings is 1. The molecular weight excluding hydrogens is 294 g/mol. The van der Waals surface area contributed by atoms with Gasteiger partial charge in [-0.25, -0.2) is 0 Å². The van der Waals surface area contributed by atoms with Gasteiger partial charge in [0.25, 0.3) is 0 Å². The molecule has 1 unspecified atom stereocenters. The van der Waals surface area contributed by atoms with Gasteiger partial charge >= 0.3 is 5.97 Å². The summed E-state index contributed by atoms with van der Waals surface area (Å²) in [6, 6.07) is 5.47. The maximum Gasteiger partial charge on any atom is 0.323 e. The van der Waals surface area contributed by atoms with E-state index in [1.54, 1.807) is 6.07 Å². The fourth-order valence-electron chi connectivity index (χ4n) is 2.48. The molecule has 2 rings (SSSR count). The SMILES string of the molecule is CCCN(CC(=O)O)C(=O)CC1OCc2cc(Cl)ccc21. The number of carbonyl (C=O) groups excluding carboxylic acids is 1. The predicted octanol–water partition coefficient (Wildman–Crippen LogP) is 2.62. The standard InChI is InChI=1S/C15H18ClNO4/c1-2-5-17(8-15(19)20)14(18)7-13-12-4-3-11(16)6-10(12)9-21-13/h3-4,6,13H,2,5,7-9H2,1H3,(H,19,20). The van der Waals surface area contributed by atoms with E-state index >= 15 is 0 Å². The van der Waals surface area contributed by atoms with Gasteiger partial charge in [0.1, 0.15) is 6.54 Å². The van der Waals surface area contributed by atoms with Crippen LogP contribution in [0.2, 0.25) is 5.02 Å². The number of ether oxygens (including phenoxy) is 1. The molecule has 0 radical (unpaired) electrons. The third-order valence-electron chi connectivity index (χ3n) is 3.42. The molecule has 0 saturated heterocycles. The number of carbonyl (C=O) groups is 2. The molecule has 1 heterocycles. The van der Waals surface area contributed by atoms with Gasteiger partial charge < -0.3 is 14.7 Å². The second-order valence-electron chi connectivity index (χ2n) is 5.06. The van der Waals surface area contributed by atoms with Crippen LogP contribution in [0.4, 0.5) is 0 Å². The fraction of sp³-hybridized carbons (Fsp3) is 0.467. The topological polar surface area (TPSA) is 66.8 Å². The minimum atomic E-state index is -1.00. The molecular formula is C15H18ClNO4. The first-order valence-corrected chi connectivity index (χ1v) is 7.28. The summed E-state index contributed by atoms with van der Waals surface area (Å²) >= 11 is 5.93. The Morgan fingerprint density at radius 2 is 2.24 bits per heavy atom. The molecule has 1 aromatic rings. The quantitative estimate of drug-likeness (QED) is 0.877. The van der Waals surface area contributed by atoms with E-state index in [4.69, 9.17) is 21.4 Å². The van der Waals surface area contributed by atoms with Gasteiger partial charge in [-0.05, 0) is 29.7 Å². The van der Waals surface area contributed by atoms with Crippen LogP contribution >= 0.6 is 11.6 Å². The summed E-state index contributed by atoms with van der Waals surface area (Å²) in [4.78, 5) is 24.4. The summed E-state index contributed by atoms with van der Waals surface area (Å²) in [6.45, 7) is 2.50. The largest absolute Gasteiger partial charge is 0.480 e. The Hall–Kier alpha value is -1.59. The van der Waals surface area contributed by atoms with Crippen molar-refractivity contribution in [2.24, 2.45) is 0 Å². The van der Waals surface area contributed by atoms with E-state index in [0.717, 1.165) is 17.5 Å². The zero-order valence-corrected chi connectivity index (χ0v) is 12.6. The van der Waals surface area contributed by atoms with E-state index in [-0.39, 0.29) is 25.0 Å². The number of amides is 1. The van der Waals surface area contributed by atoms with Crippen molar-refractivity contribution in [3.05, 3.63) is 34.3 Å². The van der Waals surface area contributed by atoms with Crippen LogP contribution in [0.25, 0.3) is 0 Å². The molecule has 1 atom stereocenters. The highest BCUT2D eigenvalue weighted by Gasteiger charge is 2.28. The van der Waals surface area contributed by atoms with E-state index in [0.29, 0.717) is 18.2 Å². The number of halogens is 1. The summed E-state index contributed by atoms with van der Waals surface area (Å²) in [5, 5.41) is 9.51. The molecule has 0 saturated carbocycles. The van der Waals surface area contributed by atoms with Crippen LogP contribution < -0.4 is 0 Å². The molecule has 114 valence electrons. The summed E-state index contributed by atoms with van der Waals surface area (Å²) in [6.07, 6.45) is 0.552. The molecule has 1 aliphatic rings. The highest BCUT2D eigenvalue weighted by molar-refractivity contribution is 6.30. The molecule has 0 aromatic heterocycles. The van der Waals surface area contributed by atoms with Gasteiger partial charge in [-0.1, -0.05) is 24.6 Å². The number of aliphatic carboxylic acids is 1. The molecule has 21 heavy (non-hydrogen) atoms. The Kier molecular flexibility index (Phi) is 5.20. The van der Waals surface area contributed by atoms with Gasteiger partial charge in [0.05, 0.1) is 19.1 Å². The minimum absolute atomic E-state index is 0.155. The highest BCUT2D eigenvalue weighted by Crippen LogP contribution is 2.34. The summed E-state index contributed by atoms with van der Waals surface area (Å²) in [7, 11) is 0. The summed E-state index contributed by atoms with van der Waals surface area (Å²) in [5.74, 6) is -1.21. The van der Waals surface area contributed by atoms with Crippen LogP contribution in [0.15, 0.2) is 18.2 Å². The van der Waals surface area contributed by atoms with Crippen molar-refractivity contribution in [2.45, 2.75) is 32.5 Å².